The van der Waals surface area contributed by atoms with Crippen LogP contribution in [0.2, 0.25) is 0 Å². The number of carbonyl (C=O) groups is 2. The summed E-state index contributed by atoms with van der Waals surface area (Å²) in [7, 11) is -3.62. The highest BCUT2D eigenvalue weighted by molar-refractivity contribution is 7.92. The lowest BCUT2D eigenvalue weighted by Crippen LogP contribution is -2.47. The predicted octanol–water partition coefficient (Wildman–Crippen LogP) is 1.97. The Morgan fingerprint density at radius 2 is 1.92 bits per heavy atom. The number of sulfone groups is 1. The van der Waals surface area contributed by atoms with Crippen LogP contribution in [0.15, 0.2) is 18.2 Å². The van der Waals surface area contributed by atoms with Gasteiger partial charge in [-0.05, 0) is 31.9 Å². The molecular formula is C16H20FNO6S. The van der Waals surface area contributed by atoms with Gasteiger partial charge in [-0.2, -0.15) is 0 Å². The van der Waals surface area contributed by atoms with E-state index in [1.54, 1.807) is 0 Å². The number of benzene rings is 1. The molecule has 1 saturated carbocycles. The van der Waals surface area contributed by atoms with Crippen LogP contribution >= 0.6 is 0 Å². The van der Waals surface area contributed by atoms with E-state index >= 15 is 0 Å². The summed E-state index contributed by atoms with van der Waals surface area (Å²) < 4.78 is 41.7. The van der Waals surface area contributed by atoms with Crippen LogP contribution in [0.25, 0.3) is 0 Å². The molecule has 0 aliphatic heterocycles. The van der Waals surface area contributed by atoms with Crippen LogP contribution in [0.5, 0.6) is 5.75 Å². The number of rotatable bonds is 6. The highest BCUT2D eigenvalue weighted by Crippen LogP contribution is 2.37. The maximum Gasteiger partial charge on any atom is 0.344 e. The molecule has 0 saturated heterocycles. The standard InChI is InChI=1S/C16H20FNO6S/c1-10(14(19)20)24-13-6-5-11(9-12(13)17)18-15(21)16(25(2,22)23)7-3-4-8-16/h5-6,9-10H,3-4,7-8H2,1-2H3,(H,18,21)(H,19,20). The molecule has 0 spiro atoms. The van der Waals surface area contributed by atoms with Gasteiger partial charge in [-0.15, -0.1) is 0 Å². The molecule has 1 aromatic rings. The van der Waals surface area contributed by atoms with Gasteiger partial charge in [0.2, 0.25) is 5.91 Å². The van der Waals surface area contributed by atoms with Gasteiger partial charge in [0.05, 0.1) is 0 Å². The molecule has 2 rings (SSSR count). The second-order valence-corrected chi connectivity index (χ2v) is 8.50. The monoisotopic (exact) mass is 373 g/mol. The van der Waals surface area contributed by atoms with Crippen molar-refractivity contribution in [3.8, 4) is 5.75 Å². The number of halogens is 1. The molecule has 0 radical (unpaired) electrons. The second kappa shape index (κ2) is 6.99. The lowest BCUT2D eigenvalue weighted by atomic mass is 10.1. The quantitative estimate of drug-likeness (QED) is 0.789. The zero-order chi connectivity index (χ0) is 18.8. The van der Waals surface area contributed by atoms with Crippen molar-refractivity contribution in [2.75, 3.05) is 11.6 Å². The number of hydrogen-bond acceptors (Lipinski definition) is 5. The van der Waals surface area contributed by atoms with Gasteiger partial charge in [0.1, 0.15) is 0 Å². The fourth-order valence-corrected chi connectivity index (χ4v) is 4.29. The Morgan fingerprint density at radius 3 is 2.40 bits per heavy atom. The van der Waals surface area contributed by atoms with E-state index in [4.69, 9.17) is 9.84 Å². The van der Waals surface area contributed by atoms with Gasteiger partial charge in [0.25, 0.3) is 0 Å². The minimum Gasteiger partial charge on any atom is -0.479 e. The molecule has 9 heteroatoms. The smallest absolute Gasteiger partial charge is 0.344 e. The molecule has 0 bridgehead atoms. The third kappa shape index (κ3) is 3.92. The van der Waals surface area contributed by atoms with E-state index in [-0.39, 0.29) is 24.3 Å². The summed E-state index contributed by atoms with van der Waals surface area (Å²) in [5, 5.41) is 11.2. The van der Waals surface area contributed by atoms with Crippen molar-refractivity contribution < 1.29 is 32.2 Å². The van der Waals surface area contributed by atoms with E-state index in [1.165, 1.54) is 19.1 Å². The van der Waals surface area contributed by atoms with Crippen molar-refractivity contribution in [2.24, 2.45) is 0 Å². The molecule has 1 aliphatic carbocycles. The van der Waals surface area contributed by atoms with Crippen molar-refractivity contribution in [2.45, 2.75) is 43.5 Å². The van der Waals surface area contributed by atoms with Crippen LogP contribution in [0.3, 0.4) is 0 Å². The highest BCUT2D eigenvalue weighted by Gasteiger charge is 2.50. The molecule has 7 nitrogen and oxygen atoms in total. The molecule has 2 N–H and O–H groups in total. The van der Waals surface area contributed by atoms with Crippen LogP contribution in [-0.4, -0.2) is 42.5 Å². The Labute approximate surface area is 145 Å². The van der Waals surface area contributed by atoms with Crippen molar-refractivity contribution >= 4 is 27.4 Å². The van der Waals surface area contributed by atoms with Gasteiger partial charge in [-0.25, -0.2) is 17.6 Å². The Kier molecular flexibility index (Phi) is 5.36. The largest absolute Gasteiger partial charge is 0.479 e. The van der Waals surface area contributed by atoms with Gasteiger partial charge in [-0.1, -0.05) is 12.8 Å². The van der Waals surface area contributed by atoms with Crippen LogP contribution in [0.1, 0.15) is 32.6 Å². The topological polar surface area (TPSA) is 110 Å². The maximum absolute atomic E-state index is 14.0. The van der Waals surface area contributed by atoms with E-state index in [9.17, 15) is 22.4 Å². The minimum absolute atomic E-state index is 0.0766. The molecule has 0 aromatic heterocycles. The summed E-state index contributed by atoms with van der Waals surface area (Å²) in [4.78, 5) is 23.3. The van der Waals surface area contributed by atoms with Crippen LogP contribution in [0.4, 0.5) is 10.1 Å². The molecular weight excluding hydrogens is 353 g/mol. The summed E-state index contributed by atoms with van der Waals surface area (Å²) in [5.74, 6) is -3.05. The first-order valence-electron chi connectivity index (χ1n) is 7.77. The highest BCUT2D eigenvalue weighted by atomic mass is 32.2. The first-order chi connectivity index (χ1) is 11.6. The number of carboxylic acid groups (broad SMARTS) is 1. The number of carboxylic acids is 1. The third-order valence-electron chi connectivity index (χ3n) is 4.38. The van der Waals surface area contributed by atoms with Crippen molar-refractivity contribution in [3.05, 3.63) is 24.0 Å². The molecule has 25 heavy (non-hydrogen) atoms. The molecule has 1 aromatic carbocycles. The molecule has 1 amide bonds. The summed E-state index contributed by atoms with van der Waals surface area (Å²) in [5.41, 5.74) is 0.0766. The normalized spacial score (nSPS) is 17.7. The van der Waals surface area contributed by atoms with Crippen molar-refractivity contribution in [1.82, 2.24) is 0 Å². The average molecular weight is 373 g/mol. The predicted molar refractivity (Wildman–Crippen MR) is 88.8 cm³/mol. The molecule has 1 unspecified atom stereocenters. The number of nitrogens with one attached hydrogen (secondary N) is 1. The molecule has 0 heterocycles. The summed E-state index contributed by atoms with van der Waals surface area (Å²) in [6.45, 7) is 1.26. The molecule has 138 valence electrons. The van der Waals surface area contributed by atoms with Gasteiger partial charge in [-0.3, -0.25) is 4.79 Å². The molecule has 1 fully saturated rings. The average Bonchev–Trinajstić information content (AvgIpc) is 3.00. The first-order valence-corrected chi connectivity index (χ1v) is 9.66. The van der Waals surface area contributed by atoms with E-state index in [1.807, 2.05) is 0 Å². The van der Waals surface area contributed by atoms with E-state index in [0.717, 1.165) is 12.3 Å². The zero-order valence-corrected chi connectivity index (χ0v) is 14.7. The lowest BCUT2D eigenvalue weighted by molar-refractivity contribution is -0.144. The van der Waals surface area contributed by atoms with Crippen LogP contribution in [-0.2, 0) is 19.4 Å². The van der Waals surface area contributed by atoms with Crippen molar-refractivity contribution in [3.63, 3.8) is 0 Å². The maximum atomic E-state index is 14.0. The van der Waals surface area contributed by atoms with Gasteiger partial charge >= 0.3 is 5.97 Å². The molecule has 1 atom stereocenters. The number of ether oxygens (including phenoxy) is 1. The Hall–Kier alpha value is -2.16. The van der Waals surface area contributed by atoms with E-state index in [2.05, 4.69) is 5.32 Å². The second-order valence-electron chi connectivity index (χ2n) is 6.17. The number of anilines is 1. The van der Waals surface area contributed by atoms with Crippen LogP contribution in [0, 0.1) is 5.82 Å². The summed E-state index contributed by atoms with van der Waals surface area (Å²) >= 11 is 0. The van der Waals surface area contributed by atoms with Gasteiger partial charge in [0, 0.05) is 18.0 Å². The van der Waals surface area contributed by atoms with Gasteiger partial charge in [0.15, 0.2) is 32.3 Å². The summed E-state index contributed by atoms with van der Waals surface area (Å²) in [6, 6.07) is 3.48. The fourth-order valence-electron chi connectivity index (χ4n) is 2.87. The Morgan fingerprint density at radius 1 is 1.32 bits per heavy atom. The van der Waals surface area contributed by atoms with Gasteiger partial charge < -0.3 is 15.2 Å². The first kappa shape index (κ1) is 19.2. The SMILES string of the molecule is CC(Oc1ccc(NC(=O)C2(S(C)(=O)=O)CCCC2)cc1F)C(=O)O. The molecule has 1 aliphatic rings. The Bertz CT molecular complexity index is 786. The summed E-state index contributed by atoms with van der Waals surface area (Å²) in [6.07, 6.45) is 1.53. The number of amides is 1. The zero-order valence-electron chi connectivity index (χ0n) is 13.9. The Balaban J connectivity index is 2.19. The van der Waals surface area contributed by atoms with Crippen LogP contribution < -0.4 is 10.1 Å². The number of aliphatic carboxylic acids is 1. The fraction of sp³-hybridized carbons (Fsp3) is 0.500. The van der Waals surface area contributed by atoms with E-state index in [0.29, 0.717) is 12.8 Å². The third-order valence-corrected chi connectivity index (χ3v) is 6.39. The lowest BCUT2D eigenvalue weighted by Gasteiger charge is -2.25. The van der Waals surface area contributed by atoms with Crippen molar-refractivity contribution in [1.29, 1.82) is 0 Å². The van der Waals surface area contributed by atoms with E-state index < -0.39 is 38.4 Å². The number of carbonyl (C=O) groups excluding carboxylic acids is 1. The minimum atomic E-state index is -3.62. The number of hydrogen-bond donors (Lipinski definition) is 2.